The highest BCUT2D eigenvalue weighted by Crippen LogP contribution is 2.23. The van der Waals surface area contributed by atoms with Gasteiger partial charge in [-0.05, 0) is 42.2 Å². The molecule has 22 heavy (non-hydrogen) atoms. The van der Waals surface area contributed by atoms with Crippen molar-refractivity contribution in [3.63, 3.8) is 0 Å². The molecule has 3 heteroatoms. The van der Waals surface area contributed by atoms with E-state index in [-0.39, 0.29) is 5.91 Å². The standard InChI is InChI=1S/C19H30N2O/c1-5-16-8-7-9-17(6-2)19(16)20-18(22)13-21-11-14(3)10-15(4)12-21/h7-9,14-15H,5-6,10-13H2,1-4H3,(H,20,22)/t14-,15-/m0/s1. The molecule has 1 amide bonds. The number of aryl methyl sites for hydroxylation is 2. The molecule has 122 valence electrons. The predicted molar refractivity (Wildman–Crippen MR) is 93.2 cm³/mol. The summed E-state index contributed by atoms with van der Waals surface area (Å²) in [5, 5.41) is 3.18. The van der Waals surface area contributed by atoms with Crippen LogP contribution in [0.15, 0.2) is 18.2 Å². The van der Waals surface area contributed by atoms with Gasteiger partial charge < -0.3 is 5.32 Å². The van der Waals surface area contributed by atoms with Crippen LogP contribution in [0.1, 0.15) is 45.2 Å². The van der Waals surface area contributed by atoms with E-state index in [1.807, 2.05) is 0 Å². The molecule has 3 nitrogen and oxygen atoms in total. The van der Waals surface area contributed by atoms with Gasteiger partial charge in [-0.25, -0.2) is 0 Å². The number of hydrogen-bond donors (Lipinski definition) is 1. The Morgan fingerprint density at radius 2 is 1.68 bits per heavy atom. The van der Waals surface area contributed by atoms with Crippen LogP contribution in [0.2, 0.25) is 0 Å². The topological polar surface area (TPSA) is 32.3 Å². The molecule has 1 aliphatic rings. The van der Waals surface area contributed by atoms with Gasteiger partial charge in [0.05, 0.1) is 6.54 Å². The number of nitrogens with one attached hydrogen (secondary N) is 1. The molecule has 0 aromatic heterocycles. The molecule has 0 radical (unpaired) electrons. The molecule has 1 fully saturated rings. The highest BCUT2D eigenvalue weighted by molar-refractivity contribution is 5.93. The average Bonchev–Trinajstić information content (AvgIpc) is 2.46. The van der Waals surface area contributed by atoms with E-state index >= 15 is 0 Å². The molecular weight excluding hydrogens is 272 g/mol. The van der Waals surface area contributed by atoms with Crippen molar-refractivity contribution in [3.05, 3.63) is 29.3 Å². The van der Waals surface area contributed by atoms with E-state index in [2.05, 4.69) is 56.1 Å². The lowest BCUT2D eigenvalue weighted by molar-refractivity contribution is -0.117. The minimum Gasteiger partial charge on any atom is -0.324 e. The molecule has 1 saturated heterocycles. The van der Waals surface area contributed by atoms with Gasteiger partial charge in [-0.3, -0.25) is 9.69 Å². The molecule has 0 unspecified atom stereocenters. The second-order valence-corrected chi connectivity index (χ2v) is 6.85. The SMILES string of the molecule is CCc1cccc(CC)c1NC(=O)CN1C[C@@H](C)C[C@H](C)C1. The summed E-state index contributed by atoms with van der Waals surface area (Å²) in [7, 11) is 0. The van der Waals surface area contributed by atoms with E-state index in [0.29, 0.717) is 18.4 Å². The Labute approximate surface area is 135 Å². The summed E-state index contributed by atoms with van der Waals surface area (Å²) in [5.41, 5.74) is 3.50. The summed E-state index contributed by atoms with van der Waals surface area (Å²) >= 11 is 0. The van der Waals surface area contributed by atoms with E-state index in [1.54, 1.807) is 0 Å². The number of piperidine rings is 1. The molecule has 0 spiro atoms. The number of benzene rings is 1. The number of anilines is 1. The summed E-state index contributed by atoms with van der Waals surface area (Å²) in [6.45, 7) is 11.4. The van der Waals surface area contributed by atoms with Gasteiger partial charge >= 0.3 is 0 Å². The minimum atomic E-state index is 0.122. The highest BCUT2D eigenvalue weighted by Gasteiger charge is 2.23. The van der Waals surface area contributed by atoms with Crippen LogP contribution in [0.5, 0.6) is 0 Å². The molecule has 1 N–H and O–H groups in total. The number of carbonyl (C=O) groups is 1. The summed E-state index contributed by atoms with van der Waals surface area (Å²) in [6, 6.07) is 6.31. The Morgan fingerprint density at radius 3 is 2.18 bits per heavy atom. The molecule has 1 aromatic carbocycles. The van der Waals surface area contributed by atoms with Crippen molar-refractivity contribution < 1.29 is 4.79 Å². The zero-order chi connectivity index (χ0) is 16.1. The maximum Gasteiger partial charge on any atom is 0.238 e. The van der Waals surface area contributed by atoms with Gasteiger partial charge in [0, 0.05) is 18.8 Å². The summed E-state index contributed by atoms with van der Waals surface area (Å²) in [6.07, 6.45) is 3.17. The maximum atomic E-state index is 12.5. The van der Waals surface area contributed by atoms with Crippen LogP contribution in [0.25, 0.3) is 0 Å². The van der Waals surface area contributed by atoms with Crippen LogP contribution in [-0.2, 0) is 17.6 Å². The van der Waals surface area contributed by atoms with Gasteiger partial charge in [0.15, 0.2) is 0 Å². The second-order valence-electron chi connectivity index (χ2n) is 6.85. The first-order valence-electron chi connectivity index (χ1n) is 8.66. The van der Waals surface area contributed by atoms with Gasteiger partial charge in [-0.1, -0.05) is 45.9 Å². The number of para-hydroxylation sites is 1. The molecule has 0 aliphatic carbocycles. The van der Waals surface area contributed by atoms with Crippen molar-refractivity contribution in [2.75, 3.05) is 25.0 Å². The molecule has 2 rings (SSSR count). The van der Waals surface area contributed by atoms with Gasteiger partial charge in [0.2, 0.25) is 5.91 Å². The molecule has 2 atom stereocenters. The van der Waals surface area contributed by atoms with Gasteiger partial charge in [0.25, 0.3) is 0 Å². The van der Waals surface area contributed by atoms with Crippen molar-refractivity contribution in [2.24, 2.45) is 11.8 Å². The van der Waals surface area contributed by atoms with Crippen molar-refractivity contribution in [2.45, 2.75) is 47.0 Å². The molecule has 1 aromatic rings. The fourth-order valence-corrected chi connectivity index (χ4v) is 3.71. The zero-order valence-electron chi connectivity index (χ0n) is 14.5. The van der Waals surface area contributed by atoms with Crippen molar-refractivity contribution in [1.29, 1.82) is 0 Å². The Hall–Kier alpha value is -1.35. The third kappa shape index (κ3) is 4.33. The lowest BCUT2D eigenvalue weighted by Gasteiger charge is -2.34. The van der Waals surface area contributed by atoms with E-state index in [0.717, 1.165) is 31.6 Å². The largest absolute Gasteiger partial charge is 0.324 e. The van der Waals surface area contributed by atoms with Gasteiger partial charge in [-0.2, -0.15) is 0 Å². The highest BCUT2D eigenvalue weighted by atomic mass is 16.2. The summed E-state index contributed by atoms with van der Waals surface area (Å²) < 4.78 is 0. The fraction of sp³-hybridized carbons (Fsp3) is 0.632. The predicted octanol–water partition coefficient (Wildman–Crippen LogP) is 3.73. The number of amides is 1. The quantitative estimate of drug-likeness (QED) is 0.899. The summed E-state index contributed by atoms with van der Waals surface area (Å²) in [4.78, 5) is 14.8. The monoisotopic (exact) mass is 302 g/mol. The molecular formula is C19H30N2O. The van der Waals surface area contributed by atoms with E-state index in [4.69, 9.17) is 0 Å². The zero-order valence-corrected chi connectivity index (χ0v) is 14.5. The lowest BCUT2D eigenvalue weighted by Crippen LogP contribution is -2.43. The minimum absolute atomic E-state index is 0.122. The van der Waals surface area contributed by atoms with Crippen LogP contribution in [-0.4, -0.2) is 30.4 Å². The molecule has 0 saturated carbocycles. The number of hydrogen-bond acceptors (Lipinski definition) is 2. The summed E-state index contributed by atoms with van der Waals surface area (Å²) in [5.74, 6) is 1.49. The van der Waals surface area contributed by atoms with E-state index in [1.165, 1.54) is 17.5 Å². The van der Waals surface area contributed by atoms with Gasteiger partial charge in [0.1, 0.15) is 0 Å². The average molecular weight is 302 g/mol. The van der Waals surface area contributed by atoms with Crippen molar-refractivity contribution in [3.8, 4) is 0 Å². The number of rotatable bonds is 5. The molecule has 0 bridgehead atoms. The third-order valence-electron chi connectivity index (χ3n) is 4.57. The fourth-order valence-electron chi connectivity index (χ4n) is 3.71. The Bertz CT molecular complexity index is 480. The van der Waals surface area contributed by atoms with Crippen LogP contribution >= 0.6 is 0 Å². The van der Waals surface area contributed by atoms with E-state index in [9.17, 15) is 4.79 Å². The van der Waals surface area contributed by atoms with Crippen LogP contribution in [0.4, 0.5) is 5.69 Å². The second kappa shape index (κ2) is 7.77. The first-order chi connectivity index (χ1) is 10.5. The van der Waals surface area contributed by atoms with Crippen LogP contribution < -0.4 is 5.32 Å². The molecule has 1 aliphatic heterocycles. The third-order valence-corrected chi connectivity index (χ3v) is 4.57. The Balaban J connectivity index is 2.03. The molecule has 1 heterocycles. The van der Waals surface area contributed by atoms with E-state index < -0.39 is 0 Å². The smallest absolute Gasteiger partial charge is 0.238 e. The van der Waals surface area contributed by atoms with Gasteiger partial charge in [-0.15, -0.1) is 0 Å². The first kappa shape index (κ1) is 17.0. The lowest BCUT2D eigenvalue weighted by atomic mass is 9.92. The first-order valence-corrected chi connectivity index (χ1v) is 8.66. The number of carbonyl (C=O) groups excluding carboxylic acids is 1. The van der Waals surface area contributed by atoms with Crippen LogP contribution in [0.3, 0.4) is 0 Å². The van der Waals surface area contributed by atoms with Crippen molar-refractivity contribution >= 4 is 11.6 Å². The Kier molecular flexibility index (Phi) is 6.01. The Morgan fingerprint density at radius 1 is 1.14 bits per heavy atom. The van der Waals surface area contributed by atoms with Crippen LogP contribution in [0, 0.1) is 11.8 Å². The number of likely N-dealkylation sites (tertiary alicyclic amines) is 1. The maximum absolute atomic E-state index is 12.5. The van der Waals surface area contributed by atoms with Crippen molar-refractivity contribution in [1.82, 2.24) is 4.90 Å². The normalized spacial score (nSPS) is 22.5. The number of nitrogens with zero attached hydrogens (tertiary/aromatic N) is 1.